The molecule has 24 heavy (non-hydrogen) atoms. The van der Waals surface area contributed by atoms with Gasteiger partial charge in [-0.1, -0.05) is 35.9 Å². The van der Waals surface area contributed by atoms with Gasteiger partial charge in [0.2, 0.25) is 10.0 Å². The van der Waals surface area contributed by atoms with Crippen LogP contribution in [-0.2, 0) is 15.8 Å². The summed E-state index contributed by atoms with van der Waals surface area (Å²) in [5.74, 6) is -0.154. The third kappa shape index (κ3) is 3.80. The predicted molar refractivity (Wildman–Crippen MR) is 95.9 cm³/mol. The molecule has 0 bridgehead atoms. The molecule has 8 heteroatoms. The highest BCUT2D eigenvalue weighted by molar-refractivity contribution is 7.88. The largest absolute Gasteiger partial charge is 0.335 e. The standard InChI is InChI=1S/C16H17ClN2O3S2/c17-14-5-2-1-4-13(14)12-24(21,22)19-9-7-18(8-10-19)16(20)15-6-3-11-23-15/h1-6,11H,7-10,12H2. The highest BCUT2D eigenvalue weighted by Crippen LogP contribution is 2.21. The zero-order valence-electron chi connectivity index (χ0n) is 12.9. The van der Waals surface area contributed by atoms with Crippen LogP contribution < -0.4 is 0 Å². The van der Waals surface area contributed by atoms with Crippen molar-refractivity contribution in [2.24, 2.45) is 0 Å². The summed E-state index contributed by atoms with van der Waals surface area (Å²) in [6, 6.07) is 10.6. The molecule has 1 aromatic heterocycles. The van der Waals surface area contributed by atoms with Crippen molar-refractivity contribution in [1.82, 2.24) is 9.21 Å². The molecule has 1 aromatic carbocycles. The summed E-state index contributed by atoms with van der Waals surface area (Å²) < 4.78 is 26.6. The van der Waals surface area contributed by atoms with Gasteiger partial charge in [0.15, 0.2) is 0 Å². The van der Waals surface area contributed by atoms with Crippen molar-refractivity contribution in [1.29, 1.82) is 0 Å². The molecule has 0 saturated carbocycles. The Morgan fingerprint density at radius 1 is 1.08 bits per heavy atom. The Morgan fingerprint density at radius 2 is 1.79 bits per heavy atom. The summed E-state index contributed by atoms with van der Waals surface area (Å²) in [6.07, 6.45) is 0. The summed E-state index contributed by atoms with van der Waals surface area (Å²) in [6.45, 7) is 1.42. The summed E-state index contributed by atoms with van der Waals surface area (Å²) >= 11 is 7.45. The second-order valence-corrected chi connectivity index (χ2v) is 8.84. The molecule has 5 nitrogen and oxygen atoms in total. The van der Waals surface area contributed by atoms with Crippen molar-refractivity contribution < 1.29 is 13.2 Å². The lowest BCUT2D eigenvalue weighted by atomic mass is 10.2. The maximum absolute atomic E-state index is 12.6. The van der Waals surface area contributed by atoms with Crippen molar-refractivity contribution in [2.45, 2.75) is 5.75 Å². The second-order valence-electron chi connectivity index (χ2n) is 5.52. The molecule has 1 saturated heterocycles. The minimum Gasteiger partial charge on any atom is -0.335 e. The molecule has 0 aliphatic carbocycles. The van der Waals surface area contributed by atoms with Crippen LogP contribution in [0, 0.1) is 0 Å². The predicted octanol–water partition coefficient (Wildman–Crippen LogP) is 2.69. The number of thiophene rings is 1. The average molecular weight is 385 g/mol. The van der Waals surface area contributed by atoms with Crippen LogP contribution in [-0.4, -0.2) is 49.7 Å². The van der Waals surface area contributed by atoms with Gasteiger partial charge in [-0.3, -0.25) is 4.79 Å². The smallest absolute Gasteiger partial charge is 0.264 e. The van der Waals surface area contributed by atoms with Crippen LogP contribution in [0.2, 0.25) is 5.02 Å². The summed E-state index contributed by atoms with van der Waals surface area (Å²) in [5, 5.41) is 2.31. The molecule has 0 radical (unpaired) electrons. The second kappa shape index (κ2) is 7.23. The SMILES string of the molecule is O=C(c1cccs1)N1CCN(S(=O)(=O)Cc2ccccc2Cl)CC1. The first-order valence-electron chi connectivity index (χ1n) is 7.51. The quantitative estimate of drug-likeness (QED) is 0.814. The molecule has 0 unspecified atom stereocenters. The first kappa shape index (κ1) is 17.4. The van der Waals surface area contributed by atoms with E-state index >= 15 is 0 Å². The van der Waals surface area contributed by atoms with Crippen molar-refractivity contribution in [3.63, 3.8) is 0 Å². The number of carbonyl (C=O) groups is 1. The Labute approximate surface area is 150 Å². The molecule has 2 aromatic rings. The molecule has 128 valence electrons. The van der Waals surface area contributed by atoms with Crippen LogP contribution in [0.15, 0.2) is 41.8 Å². The maximum atomic E-state index is 12.6. The number of benzene rings is 1. The molecule has 0 N–H and O–H groups in total. The van der Waals surface area contributed by atoms with Crippen LogP contribution in [0.25, 0.3) is 0 Å². The maximum Gasteiger partial charge on any atom is 0.264 e. The number of piperazine rings is 1. The van der Waals surface area contributed by atoms with E-state index in [1.165, 1.54) is 15.6 Å². The minimum atomic E-state index is -3.45. The molecule has 3 rings (SSSR count). The van der Waals surface area contributed by atoms with Gasteiger partial charge >= 0.3 is 0 Å². The topological polar surface area (TPSA) is 57.7 Å². The number of hydrogen-bond acceptors (Lipinski definition) is 4. The fourth-order valence-corrected chi connectivity index (χ4v) is 5.15. The monoisotopic (exact) mass is 384 g/mol. The highest BCUT2D eigenvalue weighted by Gasteiger charge is 2.29. The van der Waals surface area contributed by atoms with Gasteiger partial charge in [0.1, 0.15) is 0 Å². The normalized spacial score (nSPS) is 16.3. The average Bonchev–Trinajstić information content (AvgIpc) is 3.11. The summed E-state index contributed by atoms with van der Waals surface area (Å²) in [5.41, 5.74) is 0.594. The number of rotatable bonds is 4. The molecular formula is C16H17ClN2O3S2. The van der Waals surface area contributed by atoms with E-state index in [0.717, 1.165) is 0 Å². The van der Waals surface area contributed by atoms with Gasteiger partial charge in [0, 0.05) is 31.2 Å². The first-order valence-corrected chi connectivity index (χ1v) is 10.4. The summed E-state index contributed by atoms with van der Waals surface area (Å²) in [4.78, 5) is 14.7. The number of amides is 1. The van der Waals surface area contributed by atoms with Crippen molar-refractivity contribution in [2.75, 3.05) is 26.2 Å². The van der Waals surface area contributed by atoms with Crippen LogP contribution >= 0.6 is 22.9 Å². The van der Waals surface area contributed by atoms with E-state index in [4.69, 9.17) is 11.6 Å². The molecule has 1 aliphatic rings. The first-order chi connectivity index (χ1) is 11.5. The van der Waals surface area contributed by atoms with Crippen molar-refractivity contribution in [3.05, 3.63) is 57.2 Å². The molecule has 1 aliphatic heterocycles. The third-order valence-corrected chi connectivity index (χ3v) is 7.00. The van der Waals surface area contributed by atoms with Crippen molar-refractivity contribution >= 4 is 38.9 Å². The lowest BCUT2D eigenvalue weighted by Gasteiger charge is -2.33. The zero-order valence-corrected chi connectivity index (χ0v) is 15.3. The Hall–Kier alpha value is -1.41. The van der Waals surface area contributed by atoms with Gasteiger partial charge in [-0.2, -0.15) is 4.31 Å². The Morgan fingerprint density at radius 3 is 2.42 bits per heavy atom. The van der Waals surface area contributed by atoms with E-state index in [2.05, 4.69) is 0 Å². The van der Waals surface area contributed by atoms with E-state index in [1.807, 2.05) is 11.4 Å². The van der Waals surface area contributed by atoms with Crippen LogP contribution in [0.5, 0.6) is 0 Å². The van der Waals surface area contributed by atoms with Gasteiger partial charge in [-0.05, 0) is 23.1 Å². The number of sulfonamides is 1. The van der Waals surface area contributed by atoms with Crippen LogP contribution in [0.4, 0.5) is 0 Å². The Kier molecular flexibility index (Phi) is 5.24. The number of nitrogens with zero attached hydrogens (tertiary/aromatic N) is 2. The van der Waals surface area contributed by atoms with Gasteiger partial charge in [0.05, 0.1) is 10.6 Å². The Balaban J connectivity index is 1.63. The highest BCUT2D eigenvalue weighted by atomic mass is 35.5. The van der Waals surface area contributed by atoms with E-state index in [-0.39, 0.29) is 11.7 Å². The molecule has 1 fully saturated rings. The van der Waals surface area contributed by atoms with Gasteiger partial charge in [-0.15, -0.1) is 11.3 Å². The fourth-order valence-electron chi connectivity index (χ4n) is 2.63. The minimum absolute atomic E-state index is 0.0341. The van der Waals surface area contributed by atoms with Crippen LogP contribution in [0.1, 0.15) is 15.2 Å². The lowest BCUT2D eigenvalue weighted by Crippen LogP contribution is -2.50. The van der Waals surface area contributed by atoms with E-state index in [1.54, 1.807) is 35.2 Å². The summed E-state index contributed by atoms with van der Waals surface area (Å²) in [7, 11) is -3.45. The van der Waals surface area contributed by atoms with Gasteiger partial charge < -0.3 is 4.90 Å². The number of hydrogen-bond donors (Lipinski definition) is 0. The van der Waals surface area contributed by atoms with E-state index in [9.17, 15) is 13.2 Å². The van der Waals surface area contributed by atoms with E-state index < -0.39 is 10.0 Å². The van der Waals surface area contributed by atoms with Gasteiger partial charge in [-0.25, -0.2) is 8.42 Å². The molecule has 2 heterocycles. The molecule has 1 amide bonds. The zero-order chi connectivity index (χ0) is 17.2. The third-order valence-electron chi connectivity index (χ3n) is 3.95. The molecular weight excluding hydrogens is 368 g/mol. The van der Waals surface area contributed by atoms with Crippen LogP contribution in [0.3, 0.4) is 0 Å². The van der Waals surface area contributed by atoms with E-state index in [0.29, 0.717) is 41.6 Å². The molecule has 0 spiro atoms. The van der Waals surface area contributed by atoms with Gasteiger partial charge in [0.25, 0.3) is 5.91 Å². The number of carbonyl (C=O) groups excluding carboxylic acids is 1. The lowest BCUT2D eigenvalue weighted by molar-refractivity contribution is 0.0702. The fraction of sp³-hybridized carbons (Fsp3) is 0.312. The molecule has 0 atom stereocenters. The Bertz CT molecular complexity index is 814. The number of halogens is 1. The van der Waals surface area contributed by atoms with Crippen molar-refractivity contribution in [3.8, 4) is 0 Å².